The Labute approximate surface area is 127 Å². The summed E-state index contributed by atoms with van der Waals surface area (Å²) >= 11 is 0. The van der Waals surface area contributed by atoms with Gasteiger partial charge in [-0.1, -0.05) is 39.5 Å². The van der Waals surface area contributed by atoms with Gasteiger partial charge >= 0.3 is 0 Å². The van der Waals surface area contributed by atoms with E-state index in [0.29, 0.717) is 12.3 Å². The quantitative estimate of drug-likeness (QED) is 0.757. The number of hydrogen-bond donors (Lipinski definition) is 0. The van der Waals surface area contributed by atoms with E-state index in [9.17, 15) is 4.79 Å². The lowest BCUT2D eigenvalue weighted by molar-refractivity contribution is -0.142. The standard InChI is InChI=1S/C16H27N3O2/c1-13(2)11-19-15(17-12-18-19)10-14(20)16(21-3)8-6-4-5-7-9-16/h12-13H,4-11H2,1-3H3. The van der Waals surface area contributed by atoms with Crippen LogP contribution in [0.4, 0.5) is 0 Å². The lowest BCUT2D eigenvalue weighted by Crippen LogP contribution is -2.41. The predicted molar refractivity (Wildman–Crippen MR) is 81.0 cm³/mol. The first kappa shape index (κ1) is 16.1. The van der Waals surface area contributed by atoms with Crippen LogP contribution in [0.15, 0.2) is 6.33 Å². The van der Waals surface area contributed by atoms with Crippen LogP contribution in [0.25, 0.3) is 0 Å². The number of rotatable bonds is 6. The van der Waals surface area contributed by atoms with Gasteiger partial charge in [0.15, 0.2) is 5.78 Å². The lowest BCUT2D eigenvalue weighted by Gasteiger charge is -2.29. The van der Waals surface area contributed by atoms with Crippen molar-refractivity contribution >= 4 is 5.78 Å². The van der Waals surface area contributed by atoms with Crippen LogP contribution in [-0.4, -0.2) is 33.3 Å². The molecule has 0 amide bonds. The van der Waals surface area contributed by atoms with Crippen LogP contribution in [0.5, 0.6) is 0 Å². The highest BCUT2D eigenvalue weighted by molar-refractivity contribution is 5.88. The average molecular weight is 293 g/mol. The van der Waals surface area contributed by atoms with Crippen LogP contribution >= 0.6 is 0 Å². The highest BCUT2D eigenvalue weighted by Gasteiger charge is 2.38. The maximum Gasteiger partial charge on any atom is 0.172 e. The summed E-state index contributed by atoms with van der Waals surface area (Å²) in [4.78, 5) is 17.1. The van der Waals surface area contributed by atoms with Crippen molar-refractivity contribution in [2.45, 2.75) is 70.9 Å². The lowest BCUT2D eigenvalue weighted by atomic mass is 9.87. The molecule has 5 nitrogen and oxygen atoms in total. The predicted octanol–water partition coefficient (Wildman–Crippen LogP) is 2.79. The molecule has 2 rings (SSSR count). The molecule has 0 bridgehead atoms. The van der Waals surface area contributed by atoms with Crippen molar-refractivity contribution < 1.29 is 9.53 Å². The SMILES string of the molecule is COC1(C(=O)Cc2ncnn2CC(C)C)CCCCCC1. The van der Waals surface area contributed by atoms with Crippen molar-refractivity contribution in [1.29, 1.82) is 0 Å². The number of hydrogen-bond acceptors (Lipinski definition) is 4. The van der Waals surface area contributed by atoms with E-state index in [0.717, 1.165) is 38.1 Å². The topological polar surface area (TPSA) is 57.0 Å². The van der Waals surface area contributed by atoms with E-state index >= 15 is 0 Å². The zero-order valence-electron chi connectivity index (χ0n) is 13.5. The number of aromatic nitrogens is 3. The minimum atomic E-state index is -0.606. The fourth-order valence-corrected chi connectivity index (χ4v) is 3.12. The molecule has 1 aliphatic rings. The minimum absolute atomic E-state index is 0.157. The van der Waals surface area contributed by atoms with E-state index in [1.165, 1.54) is 19.2 Å². The van der Waals surface area contributed by atoms with Gasteiger partial charge in [-0.3, -0.25) is 4.79 Å². The van der Waals surface area contributed by atoms with E-state index in [4.69, 9.17) is 4.74 Å². The van der Waals surface area contributed by atoms with E-state index < -0.39 is 5.60 Å². The van der Waals surface area contributed by atoms with Gasteiger partial charge in [0.2, 0.25) is 0 Å². The third-order valence-electron chi connectivity index (χ3n) is 4.36. The maximum absolute atomic E-state index is 12.8. The highest BCUT2D eigenvalue weighted by atomic mass is 16.5. The summed E-state index contributed by atoms with van der Waals surface area (Å²) in [6.07, 6.45) is 8.06. The van der Waals surface area contributed by atoms with E-state index in [-0.39, 0.29) is 5.78 Å². The molecule has 5 heteroatoms. The van der Waals surface area contributed by atoms with Gasteiger partial charge < -0.3 is 4.74 Å². The molecule has 0 saturated heterocycles. The Kier molecular flexibility index (Phi) is 5.51. The number of ether oxygens (including phenoxy) is 1. The van der Waals surface area contributed by atoms with Gasteiger partial charge in [0, 0.05) is 13.7 Å². The van der Waals surface area contributed by atoms with E-state index in [2.05, 4.69) is 23.9 Å². The number of ketones is 1. The fraction of sp³-hybridized carbons (Fsp3) is 0.812. The van der Waals surface area contributed by atoms with Gasteiger partial charge in [0.25, 0.3) is 0 Å². The summed E-state index contributed by atoms with van der Waals surface area (Å²) in [5.74, 6) is 1.40. The van der Waals surface area contributed by atoms with Crippen LogP contribution in [0.1, 0.15) is 58.2 Å². The van der Waals surface area contributed by atoms with Gasteiger partial charge in [0.1, 0.15) is 17.8 Å². The Balaban J connectivity index is 2.10. The molecule has 0 aromatic carbocycles. The normalized spacial score (nSPS) is 18.7. The van der Waals surface area contributed by atoms with E-state index in [1.807, 2.05) is 4.68 Å². The van der Waals surface area contributed by atoms with Gasteiger partial charge in [-0.05, 0) is 18.8 Å². The summed E-state index contributed by atoms with van der Waals surface area (Å²) < 4.78 is 7.53. The molecular formula is C16H27N3O2. The van der Waals surface area contributed by atoms with Gasteiger partial charge in [-0.25, -0.2) is 9.67 Å². The third kappa shape index (κ3) is 3.90. The molecule has 0 atom stereocenters. The number of nitrogens with zero attached hydrogens (tertiary/aromatic N) is 3. The first-order chi connectivity index (χ1) is 10.1. The molecule has 0 aliphatic heterocycles. The maximum atomic E-state index is 12.8. The van der Waals surface area contributed by atoms with Crippen molar-refractivity contribution in [1.82, 2.24) is 14.8 Å². The molecule has 1 aromatic rings. The van der Waals surface area contributed by atoms with Crippen molar-refractivity contribution in [3.8, 4) is 0 Å². The van der Waals surface area contributed by atoms with Gasteiger partial charge in [-0.15, -0.1) is 0 Å². The molecule has 0 spiro atoms. The molecule has 1 aromatic heterocycles. The Morgan fingerprint density at radius 2 is 2.00 bits per heavy atom. The molecule has 1 fully saturated rings. The van der Waals surface area contributed by atoms with Crippen molar-refractivity contribution in [3.05, 3.63) is 12.2 Å². The minimum Gasteiger partial charge on any atom is -0.370 e. The molecule has 118 valence electrons. The zero-order valence-corrected chi connectivity index (χ0v) is 13.5. The van der Waals surface area contributed by atoms with Crippen LogP contribution in [0.2, 0.25) is 0 Å². The number of Topliss-reactive ketones (excluding diaryl/α,β-unsaturated/α-hetero) is 1. The molecular weight excluding hydrogens is 266 g/mol. The number of methoxy groups -OCH3 is 1. The van der Waals surface area contributed by atoms with E-state index in [1.54, 1.807) is 7.11 Å². The Bertz CT molecular complexity index is 460. The molecule has 1 aliphatic carbocycles. The summed E-state index contributed by atoms with van der Waals surface area (Å²) in [6, 6.07) is 0. The van der Waals surface area contributed by atoms with Crippen LogP contribution in [0.3, 0.4) is 0 Å². The Hall–Kier alpha value is -1.23. The second-order valence-corrected chi connectivity index (χ2v) is 6.46. The zero-order chi connectivity index (χ0) is 15.3. The summed E-state index contributed by atoms with van der Waals surface area (Å²) in [5.41, 5.74) is -0.606. The highest BCUT2D eigenvalue weighted by Crippen LogP contribution is 2.31. The Morgan fingerprint density at radius 1 is 1.33 bits per heavy atom. The molecule has 0 radical (unpaired) electrons. The first-order valence-electron chi connectivity index (χ1n) is 8.02. The third-order valence-corrected chi connectivity index (χ3v) is 4.36. The van der Waals surface area contributed by atoms with Crippen molar-refractivity contribution in [2.24, 2.45) is 5.92 Å². The van der Waals surface area contributed by atoms with Gasteiger partial charge in [-0.2, -0.15) is 5.10 Å². The monoisotopic (exact) mass is 293 g/mol. The largest absolute Gasteiger partial charge is 0.370 e. The van der Waals surface area contributed by atoms with Crippen LogP contribution in [-0.2, 0) is 22.5 Å². The number of carbonyl (C=O) groups is 1. The van der Waals surface area contributed by atoms with Crippen LogP contribution < -0.4 is 0 Å². The first-order valence-corrected chi connectivity index (χ1v) is 8.02. The summed E-state index contributed by atoms with van der Waals surface area (Å²) in [5, 5.41) is 4.23. The smallest absolute Gasteiger partial charge is 0.172 e. The average Bonchev–Trinajstić information content (AvgIpc) is 2.74. The second-order valence-electron chi connectivity index (χ2n) is 6.46. The molecule has 0 N–H and O–H groups in total. The fourth-order valence-electron chi connectivity index (χ4n) is 3.12. The summed E-state index contributed by atoms with van der Waals surface area (Å²) in [6.45, 7) is 5.06. The second kappa shape index (κ2) is 7.16. The molecule has 21 heavy (non-hydrogen) atoms. The van der Waals surface area contributed by atoms with Crippen molar-refractivity contribution in [2.75, 3.05) is 7.11 Å². The molecule has 1 heterocycles. The summed E-state index contributed by atoms with van der Waals surface area (Å²) in [7, 11) is 1.67. The number of carbonyl (C=O) groups excluding carboxylic acids is 1. The van der Waals surface area contributed by atoms with Crippen LogP contribution in [0, 0.1) is 5.92 Å². The Morgan fingerprint density at radius 3 is 2.57 bits per heavy atom. The van der Waals surface area contributed by atoms with Crippen molar-refractivity contribution in [3.63, 3.8) is 0 Å². The molecule has 1 saturated carbocycles. The van der Waals surface area contributed by atoms with Gasteiger partial charge in [0.05, 0.1) is 6.42 Å². The molecule has 0 unspecified atom stereocenters.